The minimum Gasteiger partial charge on any atom is -0.492 e. The van der Waals surface area contributed by atoms with E-state index in [4.69, 9.17) is 4.74 Å². The first kappa shape index (κ1) is 9.46. The standard InChI is InChI=1S/C11H16N2O/c1-11(12-2)6-5-10-9(13-8-11)4-3-7-14-10/h5-6,8,12H,3-4,7H2,1-2H3. The van der Waals surface area contributed by atoms with Crippen LogP contribution in [-0.4, -0.2) is 25.4 Å². The number of allylic oxidation sites excluding steroid dienone is 2. The molecule has 0 saturated heterocycles. The van der Waals surface area contributed by atoms with Gasteiger partial charge in [-0.05, 0) is 32.9 Å². The number of nitrogens with one attached hydrogen (secondary N) is 1. The lowest BCUT2D eigenvalue weighted by Crippen LogP contribution is -2.38. The Hall–Kier alpha value is -1.09. The van der Waals surface area contributed by atoms with E-state index in [0.29, 0.717) is 0 Å². The van der Waals surface area contributed by atoms with Gasteiger partial charge in [0.25, 0.3) is 0 Å². The van der Waals surface area contributed by atoms with Crippen molar-refractivity contribution in [2.75, 3.05) is 13.7 Å². The summed E-state index contributed by atoms with van der Waals surface area (Å²) in [6.07, 6.45) is 8.15. The Kier molecular flexibility index (Phi) is 2.42. The molecule has 14 heavy (non-hydrogen) atoms. The second kappa shape index (κ2) is 3.58. The Balaban J connectivity index is 2.29. The van der Waals surface area contributed by atoms with Crippen molar-refractivity contribution in [2.45, 2.75) is 25.3 Å². The van der Waals surface area contributed by atoms with Crippen molar-refractivity contribution < 1.29 is 4.74 Å². The molecule has 1 atom stereocenters. The summed E-state index contributed by atoms with van der Waals surface area (Å²) in [6, 6.07) is 0. The van der Waals surface area contributed by atoms with Gasteiger partial charge in [0.15, 0.2) is 0 Å². The lowest BCUT2D eigenvalue weighted by molar-refractivity contribution is 0.199. The Bertz CT molecular complexity index is 289. The molecule has 3 heteroatoms. The molecular formula is C11H16N2O. The van der Waals surface area contributed by atoms with Crippen molar-refractivity contribution in [3.05, 3.63) is 23.6 Å². The molecule has 0 saturated carbocycles. The molecule has 1 unspecified atom stereocenters. The summed E-state index contributed by atoms with van der Waals surface area (Å²) in [5.74, 6) is 0.937. The van der Waals surface area contributed by atoms with E-state index >= 15 is 0 Å². The van der Waals surface area contributed by atoms with Gasteiger partial charge >= 0.3 is 0 Å². The minimum atomic E-state index is -0.152. The van der Waals surface area contributed by atoms with Gasteiger partial charge in [0.05, 0.1) is 17.8 Å². The van der Waals surface area contributed by atoms with Crippen molar-refractivity contribution in [1.82, 2.24) is 5.32 Å². The normalized spacial score (nSPS) is 31.0. The van der Waals surface area contributed by atoms with E-state index in [1.807, 2.05) is 19.3 Å². The molecule has 0 spiro atoms. The van der Waals surface area contributed by atoms with Gasteiger partial charge in [0.2, 0.25) is 0 Å². The Morgan fingerprint density at radius 2 is 2.43 bits per heavy atom. The molecule has 2 rings (SSSR count). The molecule has 2 aliphatic rings. The fourth-order valence-corrected chi connectivity index (χ4v) is 1.55. The summed E-state index contributed by atoms with van der Waals surface area (Å²) < 4.78 is 5.55. The maximum atomic E-state index is 5.55. The van der Waals surface area contributed by atoms with E-state index in [-0.39, 0.29) is 5.54 Å². The number of ether oxygens (including phenoxy) is 1. The van der Waals surface area contributed by atoms with E-state index in [0.717, 1.165) is 30.9 Å². The zero-order valence-corrected chi connectivity index (χ0v) is 8.71. The van der Waals surface area contributed by atoms with Crippen LogP contribution in [0.25, 0.3) is 0 Å². The molecule has 0 aromatic carbocycles. The molecule has 0 fully saturated rings. The molecule has 2 aliphatic heterocycles. The highest BCUT2D eigenvalue weighted by Crippen LogP contribution is 2.24. The Morgan fingerprint density at radius 3 is 3.21 bits per heavy atom. The molecule has 0 amide bonds. The molecule has 0 aromatic rings. The zero-order valence-electron chi connectivity index (χ0n) is 8.71. The number of hydrogen-bond acceptors (Lipinski definition) is 3. The average molecular weight is 192 g/mol. The number of nitrogens with zero attached hydrogens (tertiary/aromatic N) is 1. The SMILES string of the molecule is CNC1(C)C=CC2=C(CCCO2)N=C1. The van der Waals surface area contributed by atoms with Gasteiger partial charge in [-0.3, -0.25) is 4.99 Å². The van der Waals surface area contributed by atoms with E-state index in [9.17, 15) is 0 Å². The molecule has 2 heterocycles. The van der Waals surface area contributed by atoms with E-state index in [2.05, 4.69) is 23.3 Å². The highest BCUT2D eigenvalue weighted by atomic mass is 16.5. The summed E-state index contributed by atoms with van der Waals surface area (Å²) >= 11 is 0. The third-order valence-electron chi connectivity index (χ3n) is 2.71. The molecule has 3 nitrogen and oxygen atoms in total. The average Bonchev–Trinajstić information content (AvgIpc) is 2.40. The summed E-state index contributed by atoms with van der Waals surface area (Å²) in [4.78, 5) is 4.47. The summed E-state index contributed by atoms with van der Waals surface area (Å²) in [6.45, 7) is 2.90. The first-order chi connectivity index (χ1) is 6.73. The van der Waals surface area contributed by atoms with Crippen LogP contribution in [0.5, 0.6) is 0 Å². The predicted octanol–water partition coefficient (Wildman–Crippen LogP) is 1.63. The van der Waals surface area contributed by atoms with Crippen LogP contribution in [0.1, 0.15) is 19.8 Å². The Morgan fingerprint density at radius 1 is 1.57 bits per heavy atom. The first-order valence-electron chi connectivity index (χ1n) is 5.03. The molecule has 1 N–H and O–H groups in total. The predicted molar refractivity (Wildman–Crippen MR) is 57.3 cm³/mol. The minimum absolute atomic E-state index is 0.152. The fourth-order valence-electron chi connectivity index (χ4n) is 1.55. The van der Waals surface area contributed by atoms with Crippen LogP contribution in [0.15, 0.2) is 28.6 Å². The van der Waals surface area contributed by atoms with Crippen LogP contribution in [0.3, 0.4) is 0 Å². The van der Waals surface area contributed by atoms with Gasteiger partial charge in [-0.2, -0.15) is 0 Å². The number of likely N-dealkylation sites (N-methyl/N-ethyl adjacent to an activating group) is 1. The number of aliphatic imine (C=N–C) groups is 1. The lowest BCUT2D eigenvalue weighted by atomic mass is 10.0. The van der Waals surface area contributed by atoms with Crippen molar-refractivity contribution in [1.29, 1.82) is 0 Å². The third kappa shape index (κ3) is 1.73. The van der Waals surface area contributed by atoms with Crippen molar-refractivity contribution in [3.8, 4) is 0 Å². The molecule has 0 bridgehead atoms. The first-order valence-corrected chi connectivity index (χ1v) is 5.03. The van der Waals surface area contributed by atoms with Crippen molar-refractivity contribution >= 4 is 6.21 Å². The molecule has 0 aromatic heterocycles. The highest BCUT2D eigenvalue weighted by molar-refractivity contribution is 5.75. The summed E-state index contributed by atoms with van der Waals surface area (Å²) in [5, 5.41) is 3.21. The van der Waals surface area contributed by atoms with Crippen molar-refractivity contribution in [3.63, 3.8) is 0 Å². The van der Waals surface area contributed by atoms with Crippen LogP contribution in [0.2, 0.25) is 0 Å². The van der Waals surface area contributed by atoms with Gasteiger partial charge in [-0.25, -0.2) is 0 Å². The van der Waals surface area contributed by atoms with E-state index in [1.54, 1.807) is 0 Å². The highest BCUT2D eigenvalue weighted by Gasteiger charge is 2.20. The smallest absolute Gasteiger partial charge is 0.140 e. The molecule has 0 aliphatic carbocycles. The lowest BCUT2D eigenvalue weighted by Gasteiger charge is -2.18. The largest absolute Gasteiger partial charge is 0.492 e. The van der Waals surface area contributed by atoms with Gasteiger partial charge < -0.3 is 10.1 Å². The summed E-state index contributed by atoms with van der Waals surface area (Å²) in [5.41, 5.74) is 0.923. The zero-order chi connectivity index (χ0) is 10.0. The fraction of sp³-hybridized carbons (Fsp3) is 0.545. The molecule has 0 radical (unpaired) electrons. The second-order valence-electron chi connectivity index (χ2n) is 3.89. The van der Waals surface area contributed by atoms with Crippen LogP contribution in [0, 0.1) is 0 Å². The second-order valence-corrected chi connectivity index (χ2v) is 3.89. The maximum absolute atomic E-state index is 5.55. The topological polar surface area (TPSA) is 33.6 Å². The summed E-state index contributed by atoms with van der Waals surface area (Å²) in [7, 11) is 1.93. The number of rotatable bonds is 1. The molecular weight excluding hydrogens is 176 g/mol. The van der Waals surface area contributed by atoms with Gasteiger partial charge in [-0.1, -0.05) is 6.08 Å². The van der Waals surface area contributed by atoms with Crippen LogP contribution >= 0.6 is 0 Å². The van der Waals surface area contributed by atoms with Crippen LogP contribution in [0.4, 0.5) is 0 Å². The van der Waals surface area contributed by atoms with E-state index in [1.165, 1.54) is 0 Å². The van der Waals surface area contributed by atoms with Gasteiger partial charge in [0.1, 0.15) is 5.76 Å². The van der Waals surface area contributed by atoms with Crippen molar-refractivity contribution in [2.24, 2.45) is 4.99 Å². The van der Waals surface area contributed by atoms with Crippen LogP contribution < -0.4 is 5.32 Å². The quantitative estimate of drug-likeness (QED) is 0.685. The Labute approximate surface area is 84.6 Å². The van der Waals surface area contributed by atoms with Gasteiger partial charge in [0, 0.05) is 6.21 Å². The van der Waals surface area contributed by atoms with Gasteiger partial charge in [-0.15, -0.1) is 0 Å². The van der Waals surface area contributed by atoms with Crippen LogP contribution in [-0.2, 0) is 4.74 Å². The number of hydrogen-bond donors (Lipinski definition) is 1. The molecule has 76 valence electrons. The third-order valence-corrected chi connectivity index (χ3v) is 2.71. The van der Waals surface area contributed by atoms with E-state index < -0.39 is 0 Å². The maximum Gasteiger partial charge on any atom is 0.140 e. The monoisotopic (exact) mass is 192 g/mol.